The lowest BCUT2D eigenvalue weighted by Gasteiger charge is -2.15. The Morgan fingerprint density at radius 2 is 2.09 bits per heavy atom. The first-order valence-corrected chi connectivity index (χ1v) is 6.07. The smallest absolute Gasteiger partial charge is 0.164 e. The third-order valence-electron chi connectivity index (χ3n) is 1.56. The molecule has 0 aromatic carbocycles. The topological polar surface area (TPSA) is 18.5 Å². The van der Waals surface area contributed by atoms with Crippen molar-refractivity contribution in [3.8, 4) is 0 Å². The van der Waals surface area contributed by atoms with Crippen molar-refractivity contribution in [3.63, 3.8) is 0 Å². The van der Waals surface area contributed by atoms with Crippen molar-refractivity contribution in [1.29, 1.82) is 0 Å². The minimum Gasteiger partial charge on any atom is -0.400 e. The monoisotopic (exact) mass is 176 g/mol. The molecule has 0 heterocycles. The summed E-state index contributed by atoms with van der Waals surface area (Å²) in [6.45, 7) is 4.35. The van der Waals surface area contributed by atoms with Crippen LogP contribution in [0.5, 0.6) is 0 Å². The second-order valence-electron chi connectivity index (χ2n) is 2.68. The molecule has 68 valence electrons. The Hall–Kier alpha value is 0.137. The molecule has 0 aliphatic carbocycles. The summed E-state index contributed by atoms with van der Waals surface area (Å²) in [6, 6.07) is 1.20. The fraction of sp³-hybridized carbons (Fsp3) is 1.00. The van der Waals surface area contributed by atoms with E-state index in [2.05, 4.69) is 13.8 Å². The summed E-state index contributed by atoms with van der Waals surface area (Å²) in [5, 5.41) is 0. The minimum atomic E-state index is -0.290. The van der Waals surface area contributed by atoms with E-state index in [1.54, 1.807) is 7.11 Å². The van der Waals surface area contributed by atoms with Gasteiger partial charge in [-0.05, 0) is 18.9 Å². The Bertz CT molecular complexity index is 70.5. The Morgan fingerprint density at radius 3 is 2.55 bits per heavy atom. The van der Waals surface area contributed by atoms with Crippen LogP contribution in [0.3, 0.4) is 0 Å². The average Bonchev–Trinajstić information content (AvgIpc) is 2.05. The molecule has 0 saturated carbocycles. The van der Waals surface area contributed by atoms with Crippen molar-refractivity contribution in [2.75, 3.05) is 7.11 Å². The van der Waals surface area contributed by atoms with Crippen LogP contribution >= 0.6 is 0 Å². The quantitative estimate of drug-likeness (QED) is 0.434. The molecule has 1 atom stereocenters. The fourth-order valence-electron chi connectivity index (χ4n) is 0.889. The van der Waals surface area contributed by atoms with E-state index in [9.17, 15) is 0 Å². The summed E-state index contributed by atoms with van der Waals surface area (Å²) in [5.41, 5.74) is 0. The van der Waals surface area contributed by atoms with E-state index in [1.807, 2.05) is 0 Å². The zero-order valence-electron chi connectivity index (χ0n) is 7.93. The molecule has 0 amide bonds. The van der Waals surface area contributed by atoms with Crippen LogP contribution in [0.4, 0.5) is 0 Å². The van der Waals surface area contributed by atoms with Gasteiger partial charge < -0.3 is 9.16 Å². The maximum Gasteiger partial charge on any atom is 0.164 e. The van der Waals surface area contributed by atoms with Gasteiger partial charge in [0.1, 0.15) is 6.29 Å². The Morgan fingerprint density at radius 1 is 1.36 bits per heavy atom. The summed E-state index contributed by atoms with van der Waals surface area (Å²) in [4.78, 5) is 0. The van der Waals surface area contributed by atoms with Crippen LogP contribution in [0.1, 0.15) is 33.1 Å². The normalized spacial score (nSPS) is 14.5. The van der Waals surface area contributed by atoms with Gasteiger partial charge in [0, 0.05) is 7.11 Å². The minimum absolute atomic E-state index is 0.0848. The van der Waals surface area contributed by atoms with Crippen LogP contribution in [0.25, 0.3) is 0 Å². The van der Waals surface area contributed by atoms with E-state index >= 15 is 0 Å². The number of hydrogen-bond acceptors (Lipinski definition) is 2. The lowest BCUT2D eigenvalue weighted by Crippen LogP contribution is -2.17. The highest BCUT2D eigenvalue weighted by Crippen LogP contribution is 2.04. The van der Waals surface area contributed by atoms with Gasteiger partial charge in [-0.3, -0.25) is 0 Å². The predicted octanol–water partition coefficient (Wildman–Crippen LogP) is 1.69. The maximum absolute atomic E-state index is 5.56. The fourth-order valence-corrected chi connectivity index (χ4v) is 1.69. The van der Waals surface area contributed by atoms with Crippen molar-refractivity contribution in [3.05, 3.63) is 0 Å². The third-order valence-corrected chi connectivity index (χ3v) is 2.58. The first-order chi connectivity index (χ1) is 5.35. The zero-order valence-corrected chi connectivity index (χ0v) is 9.34. The molecule has 0 spiro atoms. The lowest BCUT2D eigenvalue weighted by atomic mass is 10.2. The molecule has 0 aliphatic rings. The molecule has 0 rings (SSSR count). The Kier molecular flexibility index (Phi) is 8.34. The van der Waals surface area contributed by atoms with Gasteiger partial charge >= 0.3 is 0 Å². The zero-order chi connectivity index (χ0) is 8.53. The van der Waals surface area contributed by atoms with E-state index in [4.69, 9.17) is 9.16 Å². The van der Waals surface area contributed by atoms with Crippen molar-refractivity contribution < 1.29 is 9.16 Å². The molecule has 0 saturated heterocycles. The highest BCUT2D eigenvalue weighted by molar-refractivity contribution is 6.26. The van der Waals surface area contributed by atoms with E-state index < -0.39 is 0 Å². The van der Waals surface area contributed by atoms with Crippen molar-refractivity contribution in [2.24, 2.45) is 0 Å². The van der Waals surface area contributed by atoms with Crippen molar-refractivity contribution in [1.82, 2.24) is 0 Å². The summed E-state index contributed by atoms with van der Waals surface area (Å²) < 4.78 is 10.7. The van der Waals surface area contributed by atoms with Gasteiger partial charge in [0.25, 0.3) is 0 Å². The van der Waals surface area contributed by atoms with Crippen LogP contribution in [0.15, 0.2) is 0 Å². The molecule has 1 unspecified atom stereocenters. The summed E-state index contributed by atoms with van der Waals surface area (Å²) >= 11 is 0. The van der Waals surface area contributed by atoms with Crippen LogP contribution < -0.4 is 0 Å². The van der Waals surface area contributed by atoms with E-state index in [-0.39, 0.29) is 16.1 Å². The molecule has 0 radical (unpaired) electrons. The first kappa shape index (κ1) is 11.1. The molecular formula is C8H20O2Si. The summed E-state index contributed by atoms with van der Waals surface area (Å²) in [5.74, 6) is 0. The highest BCUT2D eigenvalue weighted by atomic mass is 28.2. The van der Waals surface area contributed by atoms with Crippen molar-refractivity contribution in [2.45, 2.75) is 45.4 Å². The third kappa shape index (κ3) is 6.53. The molecule has 0 aromatic heterocycles. The van der Waals surface area contributed by atoms with E-state index in [1.165, 1.54) is 18.9 Å². The number of ether oxygens (including phenoxy) is 1. The number of unbranched alkanes of at least 4 members (excludes halogenated alkanes) is 1. The number of methoxy groups -OCH3 is 1. The number of rotatable bonds is 7. The molecule has 0 N–H and O–H groups in total. The summed E-state index contributed by atoms with van der Waals surface area (Å²) in [7, 11) is 1.44. The molecule has 0 bridgehead atoms. The SMILES string of the molecule is CCCCC(OC)O[SiH2]CC. The van der Waals surface area contributed by atoms with E-state index in [0.717, 1.165) is 6.42 Å². The molecule has 11 heavy (non-hydrogen) atoms. The van der Waals surface area contributed by atoms with Crippen LogP contribution in [-0.2, 0) is 9.16 Å². The van der Waals surface area contributed by atoms with Gasteiger partial charge in [0.2, 0.25) is 0 Å². The second-order valence-corrected chi connectivity index (χ2v) is 4.42. The molecule has 0 aromatic rings. The van der Waals surface area contributed by atoms with Crippen molar-refractivity contribution >= 4 is 9.76 Å². The molecular weight excluding hydrogens is 156 g/mol. The molecule has 3 heteroatoms. The molecule has 0 aliphatic heterocycles. The first-order valence-electron chi connectivity index (χ1n) is 4.49. The highest BCUT2D eigenvalue weighted by Gasteiger charge is 2.04. The molecule has 2 nitrogen and oxygen atoms in total. The predicted molar refractivity (Wildman–Crippen MR) is 50.4 cm³/mol. The van der Waals surface area contributed by atoms with Crippen LogP contribution in [0, 0.1) is 0 Å². The van der Waals surface area contributed by atoms with Gasteiger partial charge in [-0.25, -0.2) is 0 Å². The largest absolute Gasteiger partial charge is 0.400 e. The van der Waals surface area contributed by atoms with Gasteiger partial charge in [-0.15, -0.1) is 0 Å². The van der Waals surface area contributed by atoms with Gasteiger partial charge in [-0.2, -0.15) is 0 Å². The van der Waals surface area contributed by atoms with Crippen LogP contribution in [-0.4, -0.2) is 23.2 Å². The molecule has 0 fully saturated rings. The van der Waals surface area contributed by atoms with Gasteiger partial charge in [-0.1, -0.05) is 20.3 Å². The lowest BCUT2D eigenvalue weighted by molar-refractivity contribution is -0.0583. The second kappa shape index (κ2) is 8.24. The Balaban J connectivity index is 3.25. The van der Waals surface area contributed by atoms with Gasteiger partial charge in [0.15, 0.2) is 9.76 Å². The average molecular weight is 176 g/mol. The number of hydrogen-bond donors (Lipinski definition) is 0. The van der Waals surface area contributed by atoms with Gasteiger partial charge in [0.05, 0.1) is 0 Å². The Labute approximate surface area is 72.2 Å². The maximum atomic E-state index is 5.56. The van der Waals surface area contributed by atoms with Crippen LogP contribution in [0.2, 0.25) is 6.04 Å². The van der Waals surface area contributed by atoms with E-state index in [0.29, 0.717) is 0 Å². The standard InChI is InChI=1S/C8H20O2Si/c1-4-6-7-8(9-3)10-11-5-2/h8H,4-7,11H2,1-3H3. The summed E-state index contributed by atoms with van der Waals surface area (Å²) in [6.07, 6.45) is 3.56.